The Labute approximate surface area is 152 Å². The third kappa shape index (κ3) is 3.07. The number of aryl methyl sites for hydroxylation is 1. The van der Waals surface area contributed by atoms with Crippen LogP contribution in [0.2, 0.25) is 0 Å². The molecule has 1 unspecified atom stereocenters. The lowest BCUT2D eigenvalue weighted by Crippen LogP contribution is -2.40. The van der Waals surface area contributed by atoms with E-state index in [2.05, 4.69) is 15.2 Å². The van der Waals surface area contributed by atoms with Crippen LogP contribution in [0.3, 0.4) is 0 Å². The average Bonchev–Trinajstić information content (AvgIpc) is 3.22. The van der Waals surface area contributed by atoms with Crippen molar-refractivity contribution in [3.8, 4) is 5.00 Å². The highest BCUT2D eigenvalue weighted by atomic mass is 32.1. The van der Waals surface area contributed by atoms with Gasteiger partial charge in [-0.15, -0.1) is 4.80 Å². The van der Waals surface area contributed by atoms with Gasteiger partial charge in [-0.05, 0) is 20.3 Å². The summed E-state index contributed by atoms with van der Waals surface area (Å²) in [6.45, 7) is 5.48. The number of aromatic nitrogens is 5. The van der Waals surface area contributed by atoms with E-state index in [1.165, 1.54) is 35.5 Å². The van der Waals surface area contributed by atoms with E-state index in [1.807, 2.05) is 6.92 Å². The van der Waals surface area contributed by atoms with E-state index < -0.39 is 23.3 Å². The fraction of sp³-hybridized carbons (Fsp3) is 0.438. The highest BCUT2D eigenvalue weighted by Gasteiger charge is 2.24. The highest BCUT2D eigenvalue weighted by Crippen LogP contribution is 2.28. The molecular weight excluding hydrogens is 358 g/mol. The molecule has 3 rings (SSSR count). The Morgan fingerprint density at radius 2 is 2.04 bits per heavy atom. The number of nitrogens with one attached hydrogen (secondary N) is 1. The van der Waals surface area contributed by atoms with Gasteiger partial charge in [0.15, 0.2) is 0 Å². The molecule has 0 saturated carbocycles. The van der Waals surface area contributed by atoms with Crippen molar-refractivity contribution in [2.45, 2.75) is 39.7 Å². The number of rotatable bonds is 6. The van der Waals surface area contributed by atoms with Crippen LogP contribution in [0, 0.1) is 6.92 Å². The number of carbonyl (C=O) groups excluding carboxylic acids is 1. The minimum Gasteiger partial charge on any atom is -0.464 e. The van der Waals surface area contributed by atoms with Crippen molar-refractivity contribution in [2.75, 3.05) is 6.61 Å². The highest BCUT2D eigenvalue weighted by molar-refractivity contribution is 7.21. The first-order valence-corrected chi connectivity index (χ1v) is 9.08. The van der Waals surface area contributed by atoms with Gasteiger partial charge in [0.25, 0.3) is 5.56 Å². The molecule has 138 valence electrons. The maximum atomic E-state index is 12.9. The molecule has 0 aliphatic rings. The van der Waals surface area contributed by atoms with Gasteiger partial charge in [-0.1, -0.05) is 24.7 Å². The lowest BCUT2D eigenvalue weighted by atomic mass is 10.2. The van der Waals surface area contributed by atoms with Crippen LogP contribution >= 0.6 is 11.3 Å². The summed E-state index contributed by atoms with van der Waals surface area (Å²) in [4.78, 5) is 42.0. The molecule has 0 radical (unpaired) electrons. The van der Waals surface area contributed by atoms with E-state index in [1.54, 1.807) is 6.92 Å². The second-order valence-corrected chi connectivity index (χ2v) is 6.86. The Kier molecular flexibility index (Phi) is 5.03. The van der Waals surface area contributed by atoms with Gasteiger partial charge in [-0.2, -0.15) is 10.2 Å². The summed E-state index contributed by atoms with van der Waals surface area (Å²) in [5.41, 5.74) is -0.540. The van der Waals surface area contributed by atoms with Gasteiger partial charge in [0.1, 0.15) is 15.9 Å². The van der Waals surface area contributed by atoms with E-state index >= 15 is 0 Å². The maximum Gasteiger partial charge on any atom is 0.330 e. The standard InChI is InChI=1S/C16H19N5O4S/c1-4-5-8-25-15(23)10(3)20-13(22)11-9(2)14(21-17-6-7-18-21)26-12(11)19-16(20)24/h6-7,10H,4-5,8H2,1-3H3,(H,19,24). The molecule has 0 fully saturated rings. The molecule has 0 spiro atoms. The van der Waals surface area contributed by atoms with Gasteiger partial charge in [0, 0.05) is 5.56 Å². The van der Waals surface area contributed by atoms with Crippen molar-refractivity contribution >= 4 is 27.5 Å². The number of H-pyrrole nitrogens is 1. The van der Waals surface area contributed by atoms with Crippen LogP contribution in [0.25, 0.3) is 15.2 Å². The van der Waals surface area contributed by atoms with Gasteiger partial charge in [-0.25, -0.2) is 14.2 Å². The SMILES string of the molecule is CCCCOC(=O)C(C)n1c(=O)[nH]c2sc(-n3nccn3)c(C)c2c1=O. The number of hydrogen-bond donors (Lipinski definition) is 1. The normalized spacial score (nSPS) is 12.4. The summed E-state index contributed by atoms with van der Waals surface area (Å²) in [7, 11) is 0. The predicted molar refractivity (Wildman–Crippen MR) is 96.9 cm³/mol. The monoisotopic (exact) mass is 377 g/mol. The minimum absolute atomic E-state index is 0.265. The molecule has 0 aliphatic heterocycles. The second-order valence-electron chi connectivity index (χ2n) is 5.86. The Bertz CT molecular complexity index is 1050. The number of unbranched alkanes of at least 4 members (excludes halogenated alkanes) is 1. The second kappa shape index (κ2) is 7.24. The molecule has 0 bridgehead atoms. The molecule has 0 amide bonds. The Morgan fingerprint density at radius 1 is 1.35 bits per heavy atom. The predicted octanol–water partition coefficient (Wildman–Crippen LogP) is 1.54. The lowest BCUT2D eigenvalue weighted by Gasteiger charge is -2.13. The molecule has 0 aromatic carbocycles. The summed E-state index contributed by atoms with van der Waals surface area (Å²) >= 11 is 1.21. The largest absolute Gasteiger partial charge is 0.464 e. The number of ether oxygens (including phenoxy) is 1. The quantitative estimate of drug-likeness (QED) is 0.515. The Hall–Kier alpha value is -2.75. The van der Waals surface area contributed by atoms with Crippen LogP contribution in [0.4, 0.5) is 0 Å². The van der Waals surface area contributed by atoms with Crippen molar-refractivity contribution in [3.63, 3.8) is 0 Å². The molecule has 3 heterocycles. The molecule has 3 aromatic rings. The van der Waals surface area contributed by atoms with Crippen molar-refractivity contribution in [2.24, 2.45) is 0 Å². The zero-order valence-electron chi connectivity index (χ0n) is 14.7. The van der Waals surface area contributed by atoms with Gasteiger partial charge < -0.3 is 4.74 Å². The molecule has 1 N–H and O–H groups in total. The van der Waals surface area contributed by atoms with E-state index in [0.717, 1.165) is 17.4 Å². The lowest BCUT2D eigenvalue weighted by molar-refractivity contribution is -0.147. The first kappa shape index (κ1) is 18.1. The minimum atomic E-state index is -1.02. The molecule has 9 nitrogen and oxygen atoms in total. The number of esters is 1. The van der Waals surface area contributed by atoms with Gasteiger partial charge in [0.05, 0.1) is 24.4 Å². The number of aromatic amines is 1. The smallest absolute Gasteiger partial charge is 0.330 e. The van der Waals surface area contributed by atoms with Crippen molar-refractivity contribution in [1.29, 1.82) is 0 Å². The molecule has 0 aliphatic carbocycles. The van der Waals surface area contributed by atoms with Crippen LogP contribution in [0.1, 0.15) is 38.3 Å². The van der Waals surface area contributed by atoms with E-state index in [4.69, 9.17) is 4.74 Å². The van der Waals surface area contributed by atoms with Crippen molar-refractivity contribution in [3.05, 3.63) is 38.8 Å². The first-order valence-electron chi connectivity index (χ1n) is 8.27. The Balaban J connectivity index is 2.08. The molecule has 26 heavy (non-hydrogen) atoms. The third-order valence-corrected chi connectivity index (χ3v) is 5.24. The maximum absolute atomic E-state index is 12.9. The van der Waals surface area contributed by atoms with Crippen molar-refractivity contribution < 1.29 is 9.53 Å². The average molecular weight is 377 g/mol. The van der Waals surface area contributed by atoms with Crippen LogP contribution in [0.5, 0.6) is 0 Å². The van der Waals surface area contributed by atoms with E-state index in [0.29, 0.717) is 20.8 Å². The molecule has 0 saturated heterocycles. The zero-order valence-corrected chi connectivity index (χ0v) is 15.5. The molecule has 1 atom stereocenters. The topological polar surface area (TPSA) is 112 Å². The van der Waals surface area contributed by atoms with Gasteiger partial charge >= 0.3 is 11.7 Å². The Morgan fingerprint density at radius 3 is 2.69 bits per heavy atom. The summed E-state index contributed by atoms with van der Waals surface area (Å²) in [6.07, 6.45) is 4.66. The van der Waals surface area contributed by atoms with E-state index in [-0.39, 0.29) is 6.61 Å². The molecule has 10 heteroatoms. The summed E-state index contributed by atoms with van der Waals surface area (Å²) in [5.74, 6) is -0.604. The summed E-state index contributed by atoms with van der Waals surface area (Å²) in [6, 6.07) is -1.02. The van der Waals surface area contributed by atoms with Gasteiger partial charge in [-0.3, -0.25) is 9.78 Å². The van der Waals surface area contributed by atoms with Crippen LogP contribution < -0.4 is 11.2 Å². The van der Waals surface area contributed by atoms with Crippen LogP contribution in [0.15, 0.2) is 22.0 Å². The number of fused-ring (bicyclic) bond motifs is 1. The fourth-order valence-electron chi connectivity index (χ4n) is 2.62. The molecular formula is C16H19N5O4S. The van der Waals surface area contributed by atoms with Crippen LogP contribution in [-0.4, -0.2) is 37.1 Å². The zero-order chi connectivity index (χ0) is 18.8. The van der Waals surface area contributed by atoms with Gasteiger partial charge in [0.2, 0.25) is 0 Å². The summed E-state index contributed by atoms with van der Waals surface area (Å²) < 4.78 is 6.04. The number of hydrogen-bond acceptors (Lipinski definition) is 7. The fourth-order valence-corrected chi connectivity index (χ4v) is 3.73. The van der Waals surface area contributed by atoms with Crippen molar-refractivity contribution in [1.82, 2.24) is 24.5 Å². The molecule has 3 aromatic heterocycles. The number of carbonyl (C=O) groups is 1. The summed E-state index contributed by atoms with van der Waals surface area (Å²) in [5, 5.41) is 9.10. The van der Waals surface area contributed by atoms with E-state index in [9.17, 15) is 14.4 Å². The van der Waals surface area contributed by atoms with Crippen LogP contribution in [-0.2, 0) is 9.53 Å². The number of nitrogens with zero attached hydrogens (tertiary/aromatic N) is 4. The number of thiophene rings is 1. The third-order valence-electron chi connectivity index (χ3n) is 4.06. The first-order chi connectivity index (χ1) is 12.5.